The molecule has 9 heteroatoms. The number of aryl methyl sites for hydroxylation is 1. The number of nitrogens with one attached hydrogen (secondary N) is 2. The number of carbonyl (C=O) groups excluding carboxylic acids is 1. The first-order chi connectivity index (χ1) is 21.4. The molecule has 1 atom stereocenters. The van der Waals surface area contributed by atoms with E-state index in [0.717, 1.165) is 44.8 Å². The minimum absolute atomic E-state index is 0.0224. The van der Waals surface area contributed by atoms with Crippen LogP contribution in [0.4, 0.5) is 8.78 Å². The lowest BCUT2D eigenvalue weighted by Gasteiger charge is -2.26. The van der Waals surface area contributed by atoms with Gasteiger partial charge in [-0.1, -0.05) is 30.3 Å². The standard InChI is InChI=1S/C35H32F2N2O5/c1-42-31-16-27-24(33(43-2)34(31)44-3)12-11-19-14-26(23-8-6-9-29(36)32(23)37)28(15-25(19)27)35(41)39-21(18-40)13-20-17-38-30-10-5-4-7-22(20)30/h4-10,14-17,21,38,40H,11-13,18H2,1-3H3,(H,39,41)/t21-/m1/s1. The molecule has 0 bridgehead atoms. The summed E-state index contributed by atoms with van der Waals surface area (Å²) in [5.74, 6) is -1.10. The van der Waals surface area contributed by atoms with Gasteiger partial charge in [-0.2, -0.15) is 0 Å². The van der Waals surface area contributed by atoms with Gasteiger partial charge in [0.05, 0.1) is 34.0 Å². The van der Waals surface area contributed by atoms with E-state index in [-0.39, 0.29) is 23.3 Å². The Labute approximate surface area is 253 Å². The second-order valence-corrected chi connectivity index (χ2v) is 10.7. The number of rotatable bonds is 9. The number of aromatic amines is 1. The van der Waals surface area contributed by atoms with Gasteiger partial charge in [-0.3, -0.25) is 4.79 Å². The van der Waals surface area contributed by atoms with Gasteiger partial charge in [-0.25, -0.2) is 8.78 Å². The van der Waals surface area contributed by atoms with Crippen molar-refractivity contribution in [3.05, 3.63) is 101 Å². The van der Waals surface area contributed by atoms with Gasteiger partial charge in [-0.15, -0.1) is 0 Å². The van der Waals surface area contributed by atoms with Crippen molar-refractivity contribution >= 4 is 16.8 Å². The van der Waals surface area contributed by atoms with E-state index in [1.54, 1.807) is 26.4 Å². The Morgan fingerprint density at radius 1 is 0.909 bits per heavy atom. The van der Waals surface area contributed by atoms with Crippen LogP contribution in [0.2, 0.25) is 0 Å². The molecule has 1 aliphatic carbocycles. The molecule has 7 nitrogen and oxygen atoms in total. The topological polar surface area (TPSA) is 92.8 Å². The van der Waals surface area contributed by atoms with Crippen molar-refractivity contribution in [1.29, 1.82) is 0 Å². The lowest BCUT2D eigenvalue weighted by Crippen LogP contribution is -2.39. The first-order valence-corrected chi connectivity index (χ1v) is 14.3. The number of halogens is 2. The fourth-order valence-electron chi connectivity index (χ4n) is 6.18. The normalized spacial score (nSPS) is 12.8. The summed E-state index contributed by atoms with van der Waals surface area (Å²) >= 11 is 0. The molecule has 1 amide bonds. The predicted octanol–water partition coefficient (Wildman–Crippen LogP) is 6.24. The Hall–Kier alpha value is -4.89. The van der Waals surface area contributed by atoms with Gasteiger partial charge in [0.2, 0.25) is 5.75 Å². The van der Waals surface area contributed by atoms with E-state index in [4.69, 9.17) is 14.2 Å². The molecule has 1 aromatic heterocycles. The second kappa shape index (κ2) is 12.0. The molecule has 5 aromatic rings. The summed E-state index contributed by atoms with van der Waals surface area (Å²) in [6, 6.07) is 16.4. The summed E-state index contributed by atoms with van der Waals surface area (Å²) in [5, 5.41) is 14.2. The third-order valence-electron chi connectivity index (χ3n) is 8.29. The fourth-order valence-corrected chi connectivity index (χ4v) is 6.18. The van der Waals surface area contributed by atoms with Gasteiger partial charge >= 0.3 is 0 Å². The molecule has 44 heavy (non-hydrogen) atoms. The van der Waals surface area contributed by atoms with Crippen LogP contribution < -0.4 is 19.5 Å². The van der Waals surface area contributed by atoms with Crippen LogP contribution in [-0.4, -0.2) is 50.0 Å². The maximum Gasteiger partial charge on any atom is 0.252 e. The molecule has 226 valence electrons. The number of hydrogen-bond acceptors (Lipinski definition) is 5. The molecular formula is C35H32F2N2O5. The number of aliphatic hydroxyl groups is 1. The molecular weight excluding hydrogens is 566 g/mol. The van der Waals surface area contributed by atoms with E-state index in [0.29, 0.717) is 36.5 Å². The van der Waals surface area contributed by atoms with Crippen molar-refractivity contribution in [3.8, 4) is 39.5 Å². The van der Waals surface area contributed by atoms with Crippen molar-refractivity contribution < 1.29 is 32.9 Å². The smallest absolute Gasteiger partial charge is 0.252 e. The SMILES string of the molecule is COc1cc2c(c(OC)c1OC)CCc1cc(-c3cccc(F)c3F)c(C(=O)N[C@@H](CO)Cc3c[nH]c4ccccc34)cc1-2. The molecule has 0 radical (unpaired) electrons. The summed E-state index contributed by atoms with van der Waals surface area (Å²) in [6.07, 6.45) is 3.38. The highest BCUT2D eigenvalue weighted by atomic mass is 19.2. The van der Waals surface area contributed by atoms with E-state index in [2.05, 4.69) is 10.3 Å². The monoisotopic (exact) mass is 598 g/mol. The number of aliphatic hydroxyl groups excluding tert-OH is 1. The highest BCUT2D eigenvalue weighted by molar-refractivity contribution is 6.03. The van der Waals surface area contributed by atoms with Crippen LogP contribution in [0.25, 0.3) is 33.2 Å². The Bertz CT molecular complexity index is 1880. The lowest BCUT2D eigenvalue weighted by molar-refractivity contribution is 0.0917. The molecule has 0 saturated carbocycles. The molecule has 1 aliphatic rings. The number of methoxy groups -OCH3 is 3. The zero-order chi connectivity index (χ0) is 31.0. The molecule has 4 aromatic carbocycles. The van der Waals surface area contributed by atoms with Crippen LogP contribution in [0.1, 0.15) is 27.0 Å². The van der Waals surface area contributed by atoms with Crippen LogP contribution in [-0.2, 0) is 19.3 Å². The maximum atomic E-state index is 15.2. The van der Waals surface area contributed by atoms with Crippen molar-refractivity contribution in [2.24, 2.45) is 0 Å². The number of H-pyrrole nitrogens is 1. The number of aromatic nitrogens is 1. The van der Waals surface area contributed by atoms with Crippen LogP contribution >= 0.6 is 0 Å². The van der Waals surface area contributed by atoms with Gasteiger partial charge in [0.15, 0.2) is 23.1 Å². The van der Waals surface area contributed by atoms with Crippen LogP contribution in [0.5, 0.6) is 17.2 Å². The van der Waals surface area contributed by atoms with Gasteiger partial charge in [0.25, 0.3) is 5.91 Å². The van der Waals surface area contributed by atoms with Gasteiger partial charge in [0, 0.05) is 33.8 Å². The van der Waals surface area contributed by atoms with Crippen LogP contribution in [0, 0.1) is 11.6 Å². The first-order valence-electron chi connectivity index (χ1n) is 14.3. The van der Waals surface area contributed by atoms with E-state index in [1.165, 1.54) is 19.2 Å². The number of carbonyl (C=O) groups is 1. The quantitative estimate of drug-likeness (QED) is 0.187. The summed E-state index contributed by atoms with van der Waals surface area (Å²) < 4.78 is 46.6. The maximum absolute atomic E-state index is 15.2. The minimum atomic E-state index is -1.04. The average molecular weight is 599 g/mol. The zero-order valence-corrected chi connectivity index (χ0v) is 24.6. The highest BCUT2D eigenvalue weighted by Crippen LogP contribution is 2.49. The Balaban J connectivity index is 1.47. The van der Waals surface area contributed by atoms with E-state index >= 15 is 4.39 Å². The lowest BCUT2D eigenvalue weighted by atomic mass is 9.81. The summed E-state index contributed by atoms with van der Waals surface area (Å²) in [4.78, 5) is 17.2. The van der Waals surface area contributed by atoms with Gasteiger partial charge in [-0.05, 0) is 77.4 Å². The Kier molecular flexibility index (Phi) is 7.97. The number of hydrogen-bond donors (Lipinski definition) is 3. The Morgan fingerprint density at radius 2 is 1.70 bits per heavy atom. The van der Waals surface area contributed by atoms with Gasteiger partial charge < -0.3 is 29.6 Å². The van der Waals surface area contributed by atoms with Crippen LogP contribution in [0.15, 0.2) is 66.9 Å². The van der Waals surface area contributed by atoms with E-state index in [1.807, 2.05) is 36.5 Å². The average Bonchev–Trinajstić information content (AvgIpc) is 3.46. The molecule has 0 spiro atoms. The first kappa shape index (κ1) is 29.2. The summed E-state index contributed by atoms with van der Waals surface area (Å²) in [5.41, 5.74) is 5.55. The molecule has 3 N–H and O–H groups in total. The van der Waals surface area contributed by atoms with Gasteiger partial charge in [0.1, 0.15) is 0 Å². The number of ether oxygens (including phenoxy) is 3. The Morgan fingerprint density at radius 3 is 2.45 bits per heavy atom. The molecule has 0 aliphatic heterocycles. The minimum Gasteiger partial charge on any atom is -0.493 e. The highest BCUT2D eigenvalue weighted by Gasteiger charge is 2.29. The number of para-hydroxylation sites is 1. The fraction of sp³-hybridized carbons (Fsp3) is 0.229. The second-order valence-electron chi connectivity index (χ2n) is 10.7. The predicted molar refractivity (Wildman–Crippen MR) is 165 cm³/mol. The van der Waals surface area contributed by atoms with Crippen molar-refractivity contribution in [2.45, 2.75) is 25.3 Å². The third-order valence-corrected chi connectivity index (χ3v) is 8.29. The van der Waals surface area contributed by atoms with Crippen molar-refractivity contribution in [3.63, 3.8) is 0 Å². The zero-order valence-electron chi connectivity index (χ0n) is 24.6. The molecule has 1 heterocycles. The number of benzene rings is 4. The van der Waals surface area contributed by atoms with Crippen LogP contribution in [0.3, 0.4) is 0 Å². The van der Waals surface area contributed by atoms with E-state index in [9.17, 15) is 14.3 Å². The third kappa shape index (κ3) is 5.03. The molecule has 0 saturated heterocycles. The largest absolute Gasteiger partial charge is 0.493 e. The summed E-state index contributed by atoms with van der Waals surface area (Å²) in [6.45, 7) is -0.323. The van der Waals surface area contributed by atoms with Crippen molar-refractivity contribution in [2.75, 3.05) is 27.9 Å². The molecule has 6 rings (SSSR count). The van der Waals surface area contributed by atoms with E-state index < -0.39 is 23.6 Å². The number of amides is 1. The van der Waals surface area contributed by atoms with Crippen molar-refractivity contribution in [1.82, 2.24) is 10.3 Å². The number of fused-ring (bicyclic) bond motifs is 4. The molecule has 0 fully saturated rings. The molecule has 0 unspecified atom stereocenters. The summed E-state index contributed by atoms with van der Waals surface area (Å²) in [7, 11) is 4.63.